The van der Waals surface area contributed by atoms with Gasteiger partial charge in [-0.3, -0.25) is 0 Å². The smallest absolute Gasteiger partial charge is 0.0656 e. The molecule has 0 aromatic heterocycles. The molecule has 0 atom stereocenters. The Morgan fingerprint density at radius 2 is 0.846 bits per heavy atom. The highest BCUT2D eigenvalue weighted by Crippen LogP contribution is 2.32. The predicted molar refractivity (Wildman–Crippen MR) is 125 cm³/mol. The van der Waals surface area contributed by atoms with Crippen LogP contribution in [0.15, 0.2) is 60.7 Å². The molecule has 2 heteroatoms. The first-order chi connectivity index (χ1) is 12.2. The predicted octanol–water partition coefficient (Wildman–Crippen LogP) is 6.24. The van der Waals surface area contributed by atoms with Crippen LogP contribution in [0.5, 0.6) is 0 Å². The van der Waals surface area contributed by atoms with Gasteiger partial charge in [0, 0.05) is 0 Å². The van der Waals surface area contributed by atoms with Gasteiger partial charge in [-0.15, -0.1) is 0 Å². The number of hydrogen-bond acceptors (Lipinski definition) is 0. The van der Waals surface area contributed by atoms with E-state index >= 15 is 0 Å². The Kier molecular flexibility index (Phi) is 3.90. The van der Waals surface area contributed by atoms with Crippen LogP contribution in [0.4, 0.5) is 0 Å². The third-order valence-corrected chi connectivity index (χ3v) is 9.54. The molecule has 0 spiro atoms. The molecule has 132 valence electrons. The van der Waals surface area contributed by atoms with Crippen LogP contribution < -0.4 is 10.4 Å². The van der Waals surface area contributed by atoms with E-state index in [2.05, 4.69) is 99.9 Å². The molecule has 0 fully saturated rings. The summed E-state index contributed by atoms with van der Waals surface area (Å²) < 4.78 is 0. The standard InChI is InChI=1S/C24H28Si2/c1-25(2,3)22-15-17-16-23(26(4,5)6)19-12-8-10-14-21(19)24(17)20-13-9-7-11-18(20)22/h7-16H,1-6H3. The normalized spacial score (nSPS) is 13.0. The lowest BCUT2D eigenvalue weighted by Crippen LogP contribution is -2.39. The molecule has 0 heterocycles. The zero-order valence-electron chi connectivity index (χ0n) is 16.8. The molecule has 0 unspecified atom stereocenters. The SMILES string of the molecule is C[Si](C)(C)c1cc2cc([Si](C)(C)C)c3ccccc3c2c2ccccc12. The lowest BCUT2D eigenvalue weighted by Gasteiger charge is -2.24. The van der Waals surface area contributed by atoms with Crippen molar-refractivity contribution in [2.45, 2.75) is 39.3 Å². The van der Waals surface area contributed by atoms with Crippen molar-refractivity contribution >= 4 is 58.8 Å². The highest BCUT2D eigenvalue weighted by Gasteiger charge is 2.24. The molecule has 4 aromatic carbocycles. The van der Waals surface area contributed by atoms with Gasteiger partial charge in [-0.05, 0) is 32.3 Å². The molecule has 0 aliphatic carbocycles. The summed E-state index contributed by atoms with van der Waals surface area (Å²) in [5.74, 6) is 0. The Hall–Kier alpha value is -1.91. The van der Waals surface area contributed by atoms with Crippen LogP contribution in [0.25, 0.3) is 32.3 Å². The topological polar surface area (TPSA) is 0 Å². The van der Waals surface area contributed by atoms with E-state index in [4.69, 9.17) is 0 Å². The lowest BCUT2D eigenvalue weighted by molar-refractivity contribution is 1.72. The van der Waals surface area contributed by atoms with Crippen molar-refractivity contribution in [3.8, 4) is 0 Å². The van der Waals surface area contributed by atoms with E-state index < -0.39 is 16.1 Å². The summed E-state index contributed by atoms with van der Waals surface area (Å²) in [4.78, 5) is 0. The minimum absolute atomic E-state index is 1.42. The number of benzene rings is 4. The summed E-state index contributed by atoms with van der Waals surface area (Å²) in [5, 5.41) is 11.8. The molecule has 0 radical (unpaired) electrons. The van der Waals surface area contributed by atoms with Crippen LogP contribution in [-0.2, 0) is 0 Å². The fourth-order valence-electron chi connectivity index (χ4n) is 4.22. The fourth-order valence-corrected chi connectivity index (χ4v) is 7.45. The third kappa shape index (κ3) is 2.72. The van der Waals surface area contributed by atoms with Crippen LogP contribution in [0.1, 0.15) is 0 Å². The summed E-state index contributed by atoms with van der Waals surface area (Å²) in [7, 11) is -2.87. The first-order valence-corrected chi connectivity index (χ1v) is 16.6. The Labute approximate surface area is 158 Å². The molecule has 0 bridgehead atoms. The van der Waals surface area contributed by atoms with Crippen LogP contribution in [0.3, 0.4) is 0 Å². The van der Waals surface area contributed by atoms with Crippen LogP contribution >= 0.6 is 0 Å². The molecule has 0 nitrogen and oxygen atoms in total. The number of rotatable bonds is 2. The van der Waals surface area contributed by atoms with Crippen molar-refractivity contribution in [1.29, 1.82) is 0 Å². The van der Waals surface area contributed by atoms with E-state index in [9.17, 15) is 0 Å². The van der Waals surface area contributed by atoms with Crippen molar-refractivity contribution in [3.63, 3.8) is 0 Å². The van der Waals surface area contributed by atoms with Crippen molar-refractivity contribution in [3.05, 3.63) is 60.7 Å². The van der Waals surface area contributed by atoms with Gasteiger partial charge in [0.1, 0.15) is 0 Å². The van der Waals surface area contributed by atoms with E-state index in [1.165, 1.54) is 32.3 Å². The van der Waals surface area contributed by atoms with E-state index in [-0.39, 0.29) is 0 Å². The van der Waals surface area contributed by atoms with E-state index in [0.717, 1.165) is 0 Å². The fraction of sp³-hybridized carbons (Fsp3) is 0.250. The first kappa shape index (κ1) is 17.5. The zero-order valence-corrected chi connectivity index (χ0v) is 18.8. The minimum Gasteiger partial charge on any atom is -0.0656 e. The third-order valence-electron chi connectivity index (χ3n) is 5.48. The summed E-state index contributed by atoms with van der Waals surface area (Å²) in [6, 6.07) is 23.1. The van der Waals surface area contributed by atoms with Gasteiger partial charge in [0.25, 0.3) is 0 Å². The molecule has 26 heavy (non-hydrogen) atoms. The summed E-state index contributed by atoms with van der Waals surface area (Å²) in [5.41, 5.74) is 0. The average molecular weight is 373 g/mol. The molecule has 0 saturated carbocycles. The second kappa shape index (κ2) is 5.80. The molecular weight excluding hydrogens is 344 g/mol. The van der Waals surface area contributed by atoms with Crippen LogP contribution in [0, 0.1) is 0 Å². The lowest BCUT2D eigenvalue weighted by atomic mass is 9.96. The van der Waals surface area contributed by atoms with E-state index in [0.29, 0.717) is 0 Å². The molecule has 0 N–H and O–H groups in total. The Bertz CT molecular complexity index is 1050. The number of fused-ring (bicyclic) bond motifs is 5. The minimum atomic E-state index is -1.43. The van der Waals surface area contributed by atoms with Gasteiger partial charge >= 0.3 is 0 Å². The number of hydrogen-bond donors (Lipinski definition) is 0. The van der Waals surface area contributed by atoms with E-state index in [1.54, 1.807) is 10.4 Å². The van der Waals surface area contributed by atoms with Gasteiger partial charge in [0.2, 0.25) is 0 Å². The van der Waals surface area contributed by atoms with Gasteiger partial charge in [0.05, 0.1) is 16.1 Å². The molecule has 4 rings (SSSR count). The summed E-state index contributed by atoms with van der Waals surface area (Å²) in [6.07, 6.45) is 0. The Morgan fingerprint density at radius 3 is 1.19 bits per heavy atom. The maximum atomic E-state index is 2.51. The van der Waals surface area contributed by atoms with Crippen molar-refractivity contribution < 1.29 is 0 Å². The van der Waals surface area contributed by atoms with Gasteiger partial charge in [-0.2, -0.15) is 0 Å². The second-order valence-electron chi connectivity index (χ2n) is 9.54. The van der Waals surface area contributed by atoms with Crippen LogP contribution in [0.2, 0.25) is 39.3 Å². The molecular formula is C24H28Si2. The molecule has 0 saturated heterocycles. The molecule has 0 aliphatic rings. The Balaban J connectivity index is 2.31. The van der Waals surface area contributed by atoms with Crippen molar-refractivity contribution in [2.75, 3.05) is 0 Å². The molecule has 0 amide bonds. The molecule has 0 aliphatic heterocycles. The average Bonchev–Trinajstić information content (AvgIpc) is 2.58. The van der Waals surface area contributed by atoms with Gasteiger partial charge in [0.15, 0.2) is 0 Å². The van der Waals surface area contributed by atoms with Crippen molar-refractivity contribution in [2.24, 2.45) is 0 Å². The maximum Gasteiger partial charge on any atom is 0.0784 e. The highest BCUT2D eigenvalue weighted by atomic mass is 28.3. The van der Waals surface area contributed by atoms with Gasteiger partial charge in [-0.1, -0.05) is 110 Å². The first-order valence-electron chi connectivity index (χ1n) is 9.56. The quantitative estimate of drug-likeness (QED) is 0.289. The monoisotopic (exact) mass is 372 g/mol. The van der Waals surface area contributed by atoms with Gasteiger partial charge in [-0.25, -0.2) is 0 Å². The zero-order chi connectivity index (χ0) is 18.7. The summed E-state index contributed by atoms with van der Waals surface area (Å²) >= 11 is 0. The van der Waals surface area contributed by atoms with E-state index in [1.807, 2.05) is 0 Å². The molecule has 4 aromatic rings. The largest absolute Gasteiger partial charge is 0.0784 e. The summed E-state index contributed by atoms with van der Waals surface area (Å²) in [6.45, 7) is 14.8. The van der Waals surface area contributed by atoms with Gasteiger partial charge < -0.3 is 0 Å². The second-order valence-corrected chi connectivity index (χ2v) is 19.6. The highest BCUT2D eigenvalue weighted by molar-refractivity contribution is 6.91. The maximum absolute atomic E-state index is 2.51. The van der Waals surface area contributed by atoms with Crippen molar-refractivity contribution in [1.82, 2.24) is 0 Å². The van der Waals surface area contributed by atoms with Crippen LogP contribution in [-0.4, -0.2) is 16.1 Å². The Morgan fingerprint density at radius 1 is 0.500 bits per heavy atom.